The van der Waals surface area contributed by atoms with E-state index in [9.17, 15) is 4.21 Å². The van der Waals surface area contributed by atoms with Crippen molar-refractivity contribution < 1.29 is 8.95 Å². The van der Waals surface area contributed by atoms with E-state index < -0.39 is 11.0 Å². The van der Waals surface area contributed by atoms with Crippen LogP contribution in [-0.2, 0) is 11.0 Å². The van der Waals surface area contributed by atoms with Crippen LogP contribution >= 0.6 is 0 Å². The zero-order valence-corrected chi connectivity index (χ0v) is 14.9. The predicted molar refractivity (Wildman–Crippen MR) is 92.4 cm³/mol. The number of hydrogen-bond acceptors (Lipinski definition) is 3. The minimum absolute atomic E-state index is 0.0108. The van der Waals surface area contributed by atoms with Gasteiger partial charge < -0.3 is 4.74 Å². The van der Waals surface area contributed by atoms with Crippen LogP contribution in [0.3, 0.4) is 0 Å². The Morgan fingerprint density at radius 1 is 1.23 bits per heavy atom. The van der Waals surface area contributed by atoms with Crippen LogP contribution in [0.15, 0.2) is 30.5 Å². The van der Waals surface area contributed by atoms with Crippen LogP contribution in [0.4, 0.5) is 0 Å². The van der Waals surface area contributed by atoms with Gasteiger partial charge in [-0.15, -0.1) is 0 Å². The fourth-order valence-corrected chi connectivity index (χ4v) is 3.72. The van der Waals surface area contributed by atoms with Crippen LogP contribution in [0, 0.1) is 0 Å². The molecular weight excluding hydrogens is 296 g/mol. The standard InChI is InChI=1S/C17H24N2O2S/c1-12(19(5)22(20)17(2,3)4)15-11-18-16(21-6)14-10-8-7-9-13(14)15/h7-12H,1-6H3/t12-,22?/m1/s1. The van der Waals surface area contributed by atoms with Gasteiger partial charge in [0.15, 0.2) is 0 Å². The van der Waals surface area contributed by atoms with Gasteiger partial charge >= 0.3 is 0 Å². The van der Waals surface area contributed by atoms with E-state index in [4.69, 9.17) is 4.74 Å². The molecule has 4 nitrogen and oxygen atoms in total. The molecule has 2 rings (SSSR count). The van der Waals surface area contributed by atoms with Crippen LogP contribution in [0.1, 0.15) is 39.3 Å². The summed E-state index contributed by atoms with van der Waals surface area (Å²) in [6.07, 6.45) is 1.82. The molecule has 0 radical (unpaired) electrons. The van der Waals surface area contributed by atoms with Gasteiger partial charge in [-0.1, -0.05) is 18.2 Å². The first-order valence-corrected chi connectivity index (χ1v) is 8.44. The summed E-state index contributed by atoms with van der Waals surface area (Å²) >= 11 is 0. The molecule has 0 N–H and O–H groups in total. The minimum Gasteiger partial charge on any atom is -0.481 e. The van der Waals surface area contributed by atoms with Gasteiger partial charge in [-0.2, -0.15) is 0 Å². The van der Waals surface area contributed by atoms with E-state index in [0.29, 0.717) is 5.88 Å². The predicted octanol–water partition coefficient (Wildman–Crippen LogP) is 3.70. The molecule has 2 aromatic rings. The molecular formula is C17H24N2O2S. The number of fused-ring (bicyclic) bond motifs is 1. The van der Waals surface area contributed by atoms with Gasteiger partial charge in [-0.05, 0) is 44.7 Å². The van der Waals surface area contributed by atoms with E-state index in [2.05, 4.69) is 18.0 Å². The molecule has 1 unspecified atom stereocenters. The molecule has 22 heavy (non-hydrogen) atoms. The Kier molecular flexibility index (Phi) is 4.87. The highest BCUT2D eigenvalue weighted by Crippen LogP contribution is 2.33. The Morgan fingerprint density at radius 3 is 2.36 bits per heavy atom. The number of benzene rings is 1. The number of pyridine rings is 1. The first-order valence-electron chi connectivity index (χ1n) is 7.34. The first-order chi connectivity index (χ1) is 10.3. The van der Waals surface area contributed by atoms with Gasteiger partial charge in [0, 0.05) is 24.7 Å². The van der Waals surface area contributed by atoms with E-state index in [1.165, 1.54) is 0 Å². The van der Waals surface area contributed by atoms with Gasteiger partial charge in [0.2, 0.25) is 5.88 Å². The van der Waals surface area contributed by atoms with Crippen molar-refractivity contribution in [1.29, 1.82) is 0 Å². The van der Waals surface area contributed by atoms with Gasteiger partial charge in [-0.3, -0.25) is 0 Å². The number of aromatic nitrogens is 1. The second-order valence-corrected chi connectivity index (χ2v) is 8.65. The SMILES string of the molecule is COc1ncc([C@@H](C)N(C)S(=O)C(C)(C)C)c2ccccc12. The summed E-state index contributed by atoms with van der Waals surface area (Å²) in [5.74, 6) is 0.617. The number of nitrogens with zero attached hydrogens (tertiary/aromatic N) is 2. The Hall–Kier alpha value is -1.46. The molecule has 120 valence electrons. The molecule has 0 fully saturated rings. The largest absolute Gasteiger partial charge is 0.481 e. The van der Waals surface area contributed by atoms with E-state index in [0.717, 1.165) is 16.3 Å². The fraction of sp³-hybridized carbons (Fsp3) is 0.471. The third-order valence-corrected chi connectivity index (χ3v) is 5.65. The maximum Gasteiger partial charge on any atom is 0.221 e. The lowest BCUT2D eigenvalue weighted by Gasteiger charge is -2.30. The molecule has 0 spiro atoms. The Labute approximate surface area is 135 Å². The maximum absolute atomic E-state index is 12.6. The lowest BCUT2D eigenvalue weighted by molar-refractivity contribution is 0.399. The van der Waals surface area contributed by atoms with Gasteiger partial charge in [0.25, 0.3) is 0 Å². The average Bonchev–Trinajstić information content (AvgIpc) is 2.50. The van der Waals surface area contributed by atoms with Gasteiger partial charge in [0.05, 0.1) is 22.8 Å². The normalized spacial score (nSPS) is 15.0. The molecule has 2 atom stereocenters. The second-order valence-electron chi connectivity index (χ2n) is 6.35. The van der Waals surface area contributed by atoms with Crippen molar-refractivity contribution in [1.82, 2.24) is 9.29 Å². The monoisotopic (exact) mass is 320 g/mol. The van der Waals surface area contributed by atoms with Crippen LogP contribution in [0.2, 0.25) is 0 Å². The topological polar surface area (TPSA) is 42.4 Å². The highest BCUT2D eigenvalue weighted by Gasteiger charge is 2.28. The molecule has 0 amide bonds. The maximum atomic E-state index is 12.6. The summed E-state index contributed by atoms with van der Waals surface area (Å²) in [5, 5.41) is 2.06. The van der Waals surface area contributed by atoms with Crippen LogP contribution in [0.25, 0.3) is 10.8 Å². The van der Waals surface area contributed by atoms with Crippen molar-refractivity contribution in [3.05, 3.63) is 36.0 Å². The van der Waals surface area contributed by atoms with E-state index in [-0.39, 0.29) is 10.8 Å². The van der Waals surface area contributed by atoms with Gasteiger partial charge in [0.1, 0.15) is 0 Å². The molecule has 1 aromatic heterocycles. The zero-order chi connectivity index (χ0) is 16.5. The summed E-state index contributed by atoms with van der Waals surface area (Å²) in [4.78, 5) is 4.40. The molecule has 5 heteroatoms. The molecule has 0 aliphatic rings. The van der Waals surface area contributed by atoms with Crippen LogP contribution in [-0.4, -0.2) is 32.4 Å². The lowest BCUT2D eigenvalue weighted by Crippen LogP contribution is -2.36. The summed E-state index contributed by atoms with van der Waals surface area (Å²) in [7, 11) is 2.43. The molecule has 0 aliphatic heterocycles. The fourth-order valence-electron chi connectivity index (χ4n) is 2.46. The average molecular weight is 320 g/mol. The molecule has 0 saturated carbocycles. The van der Waals surface area contributed by atoms with E-state index in [1.807, 2.05) is 56.5 Å². The van der Waals surface area contributed by atoms with Crippen LogP contribution in [0.5, 0.6) is 5.88 Å². The Morgan fingerprint density at radius 2 is 1.82 bits per heavy atom. The lowest BCUT2D eigenvalue weighted by atomic mass is 10.0. The van der Waals surface area contributed by atoms with Gasteiger partial charge in [-0.25, -0.2) is 13.5 Å². The molecule has 1 heterocycles. The third kappa shape index (κ3) is 3.15. The summed E-state index contributed by atoms with van der Waals surface area (Å²) in [6, 6.07) is 8.01. The first kappa shape index (κ1) is 16.9. The Balaban J connectivity index is 2.49. The summed E-state index contributed by atoms with van der Waals surface area (Å²) < 4.78 is 19.6. The second kappa shape index (κ2) is 6.34. The molecule has 0 bridgehead atoms. The van der Waals surface area contributed by atoms with Crippen LogP contribution < -0.4 is 4.74 Å². The number of rotatable bonds is 4. The van der Waals surface area contributed by atoms with Crippen molar-refractivity contribution in [2.75, 3.05) is 14.2 Å². The van der Waals surface area contributed by atoms with Crippen molar-refractivity contribution in [2.45, 2.75) is 38.5 Å². The van der Waals surface area contributed by atoms with E-state index >= 15 is 0 Å². The van der Waals surface area contributed by atoms with Crippen molar-refractivity contribution in [3.8, 4) is 5.88 Å². The third-order valence-electron chi connectivity index (χ3n) is 3.76. The molecule has 0 aliphatic carbocycles. The van der Waals surface area contributed by atoms with Crippen molar-refractivity contribution >= 4 is 21.8 Å². The number of hydrogen-bond donors (Lipinski definition) is 0. The van der Waals surface area contributed by atoms with Crippen molar-refractivity contribution in [3.63, 3.8) is 0 Å². The minimum atomic E-state index is -1.09. The highest BCUT2D eigenvalue weighted by molar-refractivity contribution is 7.84. The van der Waals surface area contributed by atoms with E-state index in [1.54, 1.807) is 7.11 Å². The zero-order valence-electron chi connectivity index (χ0n) is 14.1. The highest BCUT2D eigenvalue weighted by atomic mass is 32.2. The number of methoxy groups -OCH3 is 1. The molecule has 0 saturated heterocycles. The summed E-state index contributed by atoms with van der Waals surface area (Å²) in [5.41, 5.74) is 1.05. The number of ether oxygens (including phenoxy) is 1. The van der Waals surface area contributed by atoms with Crippen molar-refractivity contribution in [2.24, 2.45) is 0 Å². The quantitative estimate of drug-likeness (QED) is 0.862. The smallest absolute Gasteiger partial charge is 0.221 e. The summed E-state index contributed by atoms with van der Waals surface area (Å²) in [6.45, 7) is 8.00. The molecule has 1 aromatic carbocycles. The Bertz CT molecular complexity index is 695.